The molecular weight excluding hydrogens is 291 g/mol. The van der Waals surface area contributed by atoms with Crippen LogP contribution in [0.5, 0.6) is 0 Å². The lowest BCUT2D eigenvalue weighted by molar-refractivity contribution is -0.136. The van der Waals surface area contributed by atoms with E-state index in [1.54, 1.807) is 0 Å². The minimum absolute atomic E-state index is 0.148. The molecule has 0 aliphatic rings. The third-order valence-electron chi connectivity index (χ3n) is 2.59. The van der Waals surface area contributed by atoms with Gasteiger partial charge in [-0.3, -0.25) is 14.6 Å². The summed E-state index contributed by atoms with van der Waals surface area (Å²) in [5, 5.41) is 8.77. The molecule has 0 fully saturated rings. The number of alkyl halides is 3. The molecule has 0 saturated heterocycles. The van der Waals surface area contributed by atoms with Gasteiger partial charge in [-0.2, -0.15) is 13.2 Å². The van der Waals surface area contributed by atoms with Crippen molar-refractivity contribution in [3.05, 3.63) is 23.0 Å². The Morgan fingerprint density at radius 2 is 1.95 bits per heavy atom. The summed E-state index contributed by atoms with van der Waals surface area (Å²) in [4.78, 5) is 26.7. The summed E-state index contributed by atoms with van der Waals surface area (Å²) in [7, 11) is 0. The predicted molar refractivity (Wildman–Crippen MR) is 68.1 cm³/mol. The number of aromatic nitrogens is 1. The van der Waals surface area contributed by atoms with Crippen molar-refractivity contribution in [3.8, 4) is 0 Å². The second-order valence-corrected chi connectivity index (χ2v) is 4.47. The van der Waals surface area contributed by atoms with Crippen LogP contribution in [0.1, 0.15) is 21.7 Å². The number of primary amides is 1. The van der Waals surface area contributed by atoms with E-state index in [1.807, 2.05) is 0 Å². The summed E-state index contributed by atoms with van der Waals surface area (Å²) < 4.78 is 37.8. The molecule has 21 heavy (non-hydrogen) atoms. The van der Waals surface area contributed by atoms with Crippen molar-refractivity contribution < 1.29 is 27.9 Å². The topological polar surface area (TPSA) is 96.5 Å². The molecule has 0 radical (unpaired) electrons. The van der Waals surface area contributed by atoms with Crippen molar-refractivity contribution in [2.45, 2.75) is 20.0 Å². The SMILES string of the molecule is Cc1cc(N(CC(=O)O)CC(F)(F)F)c(C(N)=O)c(C)n1. The van der Waals surface area contributed by atoms with Crippen LogP contribution in [-0.4, -0.2) is 41.2 Å². The van der Waals surface area contributed by atoms with Crippen LogP contribution in [0.4, 0.5) is 18.9 Å². The molecule has 1 aromatic rings. The zero-order valence-corrected chi connectivity index (χ0v) is 11.4. The summed E-state index contributed by atoms with van der Waals surface area (Å²) in [5.41, 5.74) is 5.26. The van der Waals surface area contributed by atoms with Gasteiger partial charge in [0, 0.05) is 5.69 Å². The zero-order chi connectivity index (χ0) is 16.4. The number of carboxylic acid groups (broad SMARTS) is 1. The Labute approximate surface area is 118 Å². The molecule has 0 bridgehead atoms. The van der Waals surface area contributed by atoms with Gasteiger partial charge in [-0.05, 0) is 19.9 Å². The highest BCUT2D eigenvalue weighted by molar-refractivity contribution is 6.00. The van der Waals surface area contributed by atoms with Crippen molar-refractivity contribution in [1.29, 1.82) is 0 Å². The molecule has 0 saturated carbocycles. The Hall–Kier alpha value is -2.32. The van der Waals surface area contributed by atoms with Crippen molar-refractivity contribution in [2.75, 3.05) is 18.0 Å². The van der Waals surface area contributed by atoms with E-state index in [4.69, 9.17) is 10.8 Å². The highest BCUT2D eigenvalue weighted by atomic mass is 19.4. The van der Waals surface area contributed by atoms with Gasteiger partial charge in [0.05, 0.1) is 16.9 Å². The molecule has 1 rings (SSSR count). The fraction of sp³-hybridized carbons (Fsp3) is 0.417. The molecule has 116 valence electrons. The number of carbonyl (C=O) groups is 2. The molecule has 1 heterocycles. The molecule has 6 nitrogen and oxygen atoms in total. The molecule has 0 spiro atoms. The second kappa shape index (κ2) is 5.98. The number of anilines is 1. The summed E-state index contributed by atoms with van der Waals surface area (Å²) in [6.45, 7) is 0.516. The van der Waals surface area contributed by atoms with E-state index in [9.17, 15) is 22.8 Å². The van der Waals surface area contributed by atoms with Crippen LogP contribution >= 0.6 is 0 Å². The largest absolute Gasteiger partial charge is 0.480 e. The number of carbonyl (C=O) groups excluding carboxylic acids is 1. The second-order valence-electron chi connectivity index (χ2n) is 4.47. The van der Waals surface area contributed by atoms with Crippen molar-refractivity contribution in [1.82, 2.24) is 4.98 Å². The maximum Gasteiger partial charge on any atom is 0.405 e. The van der Waals surface area contributed by atoms with E-state index in [-0.39, 0.29) is 16.9 Å². The van der Waals surface area contributed by atoms with E-state index < -0.39 is 31.1 Å². The maximum atomic E-state index is 12.6. The van der Waals surface area contributed by atoms with Gasteiger partial charge >= 0.3 is 12.1 Å². The van der Waals surface area contributed by atoms with Crippen molar-refractivity contribution in [3.63, 3.8) is 0 Å². The Morgan fingerprint density at radius 3 is 2.38 bits per heavy atom. The van der Waals surface area contributed by atoms with E-state index in [1.165, 1.54) is 19.9 Å². The Balaban J connectivity index is 3.41. The van der Waals surface area contributed by atoms with Crippen LogP contribution in [0.15, 0.2) is 6.07 Å². The number of amides is 1. The van der Waals surface area contributed by atoms with Gasteiger partial charge in [0.1, 0.15) is 13.1 Å². The molecular formula is C12H14F3N3O3. The number of hydrogen-bond acceptors (Lipinski definition) is 4. The van der Waals surface area contributed by atoms with E-state index in [2.05, 4.69) is 4.98 Å². The maximum absolute atomic E-state index is 12.6. The number of halogens is 3. The monoisotopic (exact) mass is 305 g/mol. The van der Waals surface area contributed by atoms with Gasteiger partial charge in [-0.25, -0.2) is 0 Å². The highest BCUT2D eigenvalue weighted by Gasteiger charge is 2.33. The third kappa shape index (κ3) is 4.62. The number of aryl methyl sites for hydroxylation is 2. The first-order valence-electron chi connectivity index (χ1n) is 5.83. The van der Waals surface area contributed by atoms with Crippen LogP contribution in [0, 0.1) is 13.8 Å². The minimum atomic E-state index is -4.63. The molecule has 0 atom stereocenters. The minimum Gasteiger partial charge on any atom is -0.480 e. The molecule has 0 aliphatic heterocycles. The first-order chi connectivity index (χ1) is 9.51. The lowest BCUT2D eigenvalue weighted by atomic mass is 10.1. The number of carboxylic acids is 1. The number of pyridine rings is 1. The summed E-state index contributed by atoms with van der Waals surface area (Å²) in [6.07, 6.45) is -4.63. The fourth-order valence-electron chi connectivity index (χ4n) is 1.97. The third-order valence-corrected chi connectivity index (χ3v) is 2.59. The van der Waals surface area contributed by atoms with Crippen LogP contribution < -0.4 is 10.6 Å². The summed E-state index contributed by atoms with van der Waals surface area (Å²) in [5.74, 6) is -2.42. The van der Waals surface area contributed by atoms with Gasteiger partial charge in [-0.15, -0.1) is 0 Å². The Kier molecular flexibility index (Phi) is 4.77. The van der Waals surface area contributed by atoms with E-state index >= 15 is 0 Å². The predicted octanol–water partition coefficient (Wildman–Crippen LogP) is 1.25. The van der Waals surface area contributed by atoms with E-state index in [0.29, 0.717) is 10.6 Å². The van der Waals surface area contributed by atoms with Crippen molar-refractivity contribution in [2.24, 2.45) is 5.73 Å². The number of aliphatic carboxylic acids is 1. The average molecular weight is 305 g/mol. The molecule has 9 heteroatoms. The normalized spacial score (nSPS) is 11.3. The van der Waals surface area contributed by atoms with Gasteiger partial charge in [0.25, 0.3) is 5.91 Å². The van der Waals surface area contributed by atoms with Crippen LogP contribution in [0.25, 0.3) is 0 Å². The van der Waals surface area contributed by atoms with Crippen molar-refractivity contribution >= 4 is 17.6 Å². The molecule has 0 aromatic carbocycles. The standard InChI is InChI=1S/C12H14F3N3O3/c1-6-3-8(10(11(16)21)7(2)17-6)18(4-9(19)20)5-12(13,14)15/h3H,4-5H2,1-2H3,(H2,16,21)(H,19,20). The lowest BCUT2D eigenvalue weighted by Crippen LogP contribution is -2.39. The Bertz CT molecular complexity index is 573. The fourth-order valence-corrected chi connectivity index (χ4v) is 1.97. The lowest BCUT2D eigenvalue weighted by Gasteiger charge is -2.26. The van der Waals surface area contributed by atoms with Crippen LogP contribution in [0.3, 0.4) is 0 Å². The zero-order valence-electron chi connectivity index (χ0n) is 11.4. The Morgan fingerprint density at radius 1 is 1.38 bits per heavy atom. The molecule has 1 amide bonds. The molecule has 3 N–H and O–H groups in total. The summed E-state index contributed by atoms with van der Waals surface area (Å²) in [6, 6.07) is 1.21. The smallest absolute Gasteiger partial charge is 0.405 e. The number of nitrogens with zero attached hydrogens (tertiary/aromatic N) is 2. The number of rotatable bonds is 5. The van der Waals surface area contributed by atoms with Gasteiger partial charge in [-0.1, -0.05) is 0 Å². The summed E-state index contributed by atoms with van der Waals surface area (Å²) >= 11 is 0. The van der Waals surface area contributed by atoms with Gasteiger partial charge in [0.2, 0.25) is 0 Å². The van der Waals surface area contributed by atoms with E-state index in [0.717, 1.165) is 0 Å². The number of hydrogen-bond donors (Lipinski definition) is 2. The molecule has 0 aliphatic carbocycles. The van der Waals surface area contributed by atoms with Crippen LogP contribution in [0.2, 0.25) is 0 Å². The van der Waals surface area contributed by atoms with Gasteiger partial charge < -0.3 is 15.7 Å². The quantitative estimate of drug-likeness (QED) is 0.853. The molecule has 1 aromatic heterocycles. The first kappa shape index (κ1) is 16.7. The highest BCUT2D eigenvalue weighted by Crippen LogP contribution is 2.27. The number of nitrogens with two attached hydrogens (primary N) is 1. The molecule has 0 unspecified atom stereocenters. The first-order valence-corrected chi connectivity index (χ1v) is 5.83. The van der Waals surface area contributed by atoms with Gasteiger partial charge in [0.15, 0.2) is 0 Å². The van der Waals surface area contributed by atoms with Crippen LogP contribution in [-0.2, 0) is 4.79 Å². The average Bonchev–Trinajstić information content (AvgIpc) is 2.23.